The van der Waals surface area contributed by atoms with Crippen molar-refractivity contribution in [3.8, 4) is 11.5 Å². The second kappa shape index (κ2) is 7.93. The van der Waals surface area contributed by atoms with Crippen LogP contribution in [0.15, 0.2) is 78.4 Å². The molecular weight excluding hydrogens is 414 g/mol. The van der Waals surface area contributed by atoms with Gasteiger partial charge in [0.15, 0.2) is 0 Å². The first-order valence-electron chi connectivity index (χ1n) is 11.0. The highest BCUT2D eigenvalue weighted by atomic mass is 16.5. The minimum atomic E-state index is -0.411. The third-order valence-electron chi connectivity index (χ3n) is 5.61. The van der Waals surface area contributed by atoms with Gasteiger partial charge in [-0.25, -0.2) is 4.90 Å². The Morgan fingerprint density at radius 3 is 2.36 bits per heavy atom. The van der Waals surface area contributed by atoms with E-state index in [0.29, 0.717) is 40.3 Å². The smallest absolute Gasteiger partial charge is 0.266 e. The van der Waals surface area contributed by atoms with Gasteiger partial charge in [-0.1, -0.05) is 30.4 Å². The maximum atomic E-state index is 13.5. The van der Waals surface area contributed by atoms with Crippen molar-refractivity contribution in [2.45, 2.75) is 32.8 Å². The van der Waals surface area contributed by atoms with Gasteiger partial charge in [-0.3, -0.25) is 9.59 Å². The minimum Gasteiger partial charge on any atom is -0.489 e. The van der Waals surface area contributed by atoms with E-state index in [1.54, 1.807) is 36.4 Å². The molecule has 0 saturated heterocycles. The van der Waals surface area contributed by atoms with Gasteiger partial charge in [0, 0.05) is 10.9 Å². The quantitative estimate of drug-likeness (QED) is 0.452. The average Bonchev–Trinajstić information content (AvgIpc) is 3.29. The highest BCUT2D eigenvalue weighted by molar-refractivity contribution is 6.35. The monoisotopic (exact) mass is 439 g/mol. The molecule has 33 heavy (non-hydrogen) atoms. The SMILES string of the molecule is CC(C)(C)Oc1cc2c3c(cccc3c1)C(=O)N(c1ccc(OCC3=CC=CC3)cc1)C2=O. The van der Waals surface area contributed by atoms with Crippen LogP contribution in [0.25, 0.3) is 10.8 Å². The van der Waals surface area contributed by atoms with E-state index in [1.165, 1.54) is 10.5 Å². The fraction of sp³-hybridized carbons (Fsp3) is 0.214. The average molecular weight is 440 g/mol. The summed E-state index contributed by atoms with van der Waals surface area (Å²) in [6.07, 6.45) is 7.06. The number of allylic oxidation sites excluding steroid dienone is 3. The zero-order chi connectivity index (χ0) is 23.2. The lowest BCUT2D eigenvalue weighted by Gasteiger charge is -2.28. The molecule has 0 radical (unpaired) electrons. The maximum Gasteiger partial charge on any atom is 0.266 e. The van der Waals surface area contributed by atoms with Crippen LogP contribution in [0.3, 0.4) is 0 Å². The van der Waals surface area contributed by atoms with Crippen LogP contribution in [0.2, 0.25) is 0 Å². The zero-order valence-corrected chi connectivity index (χ0v) is 18.9. The van der Waals surface area contributed by atoms with E-state index in [0.717, 1.165) is 11.8 Å². The highest BCUT2D eigenvalue weighted by Gasteiger charge is 2.34. The van der Waals surface area contributed by atoms with Crippen molar-refractivity contribution >= 4 is 28.3 Å². The van der Waals surface area contributed by atoms with Crippen LogP contribution in [0, 0.1) is 0 Å². The van der Waals surface area contributed by atoms with Gasteiger partial charge in [-0.15, -0.1) is 0 Å². The number of amides is 2. The summed E-state index contributed by atoms with van der Waals surface area (Å²) in [5.74, 6) is 0.591. The first kappa shape index (κ1) is 21.0. The molecule has 0 bridgehead atoms. The van der Waals surface area contributed by atoms with Gasteiger partial charge in [0.1, 0.15) is 23.7 Å². The summed E-state index contributed by atoms with van der Waals surface area (Å²) >= 11 is 0. The summed E-state index contributed by atoms with van der Waals surface area (Å²) in [6, 6.07) is 16.2. The lowest BCUT2D eigenvalue weighted by molar-refractivity contribution is 0.0891. The number of carbonyl (C=O) groups excluding carboxylic acids is 2. The minimum absolute atomic E-state index is 0.335. The Hall–Kier alpha value is -3.86. The van der Waals surface area contributed by atoms with Crippen molar-refractivity contribution in [2.24, 2.45) is 0 Å². The molecule has 0 spiro atoms. The molecule has 2 aliphatic rings. The third kappa shape index (κ3) is 4.02. The maximum absolute atomic E-state index is 13.5. The second-order valence-corrected chi connectivity index (χ2v) is 9.27. The van der Waals surface area contributed by atoms with Crippen molar-refractivity contribution < 1.29 is 19.1 Å². The summed E-state index contributed by atoms with van der Waals surface area (Å²) in [4.78, 5) is 28.1. The summed E-state index contributed by atoms with van der Waals surface area (Å²) in [5.41, 5.74) is 2.27. The van der Waals surface area contributed by atoms with Gasteiger partial charge in [0.05, 0.1) is 11.3 Å². The van der Waals surface area contributed by atoms with Crippen molar-refractivity contribution in [1.82, 2.24) is 0 Å². The van der Waals surface area contributed by atoms with Gasteiger partial charge >= 0.3 is 0 Å². The van der Waals surface area contributed by atoms with Crippen molar-refractivity contribution in [1.29, 1.82) is 0 Å². The molecule has 0 unspecified atom stereocenters. The van der Waals surface area contributed by atoms with Crippen molar-refractivity contribution in [3.63, 3.8) is 0 Å². The standard InChI is InChI=1S/C28H25NO4/c1-28(2,3)33-22-15-19-9-6-10-23-25(19)24(16-22)27(31)29(26(23)30)20-11-13-21(14-12-20)32-17-18-7-4-5-8-18/h4-7,9-16H,8,17H2,1-3H3. The Morgan fingerprint density at radius 1 is 0.909 bits per heavy atom. The molecule has 166 valence electrons. The molecule has 0 aromatic heterocycles. The van der Waals surface area contributed by atoms with Crippen LogP contribution in [0.5, 0.6) is 11.5 Å². The van der Waals surface area contributed by atoms with E-state index in [1.807, 2.05) is 45.0 Å². The lowest BCUT2D eigenvalue weighted by atomic mass is 9.93. The zero-order valence-electron chi connectivity index (χ0n) is 18.9. The number of ether oxygens (including phenoxy) is 2. The Balaban J connectivity index is 1.48. The van der Waals surface area contributed by atoms with E-state index in [2.05, 4.69) is 12.2 Å². The number of nitrogens with zero attached hydrogens (tertiary/aromatic N) is 1. The summed E-state index contributed by atoms with van der Waals surface area (Å²) in [7, 11) is 0. The van der Waals surface area contributed by atoms with Gasteiger partial charge in [0.2, 0.25) is 0 Å². The van der Waals surface area contributed by atoms with Crippen LogP contribution >= 0.6 is 0 Å². The Morgan fingerprint density at radius 2 is 1.67 bits per heavy atom. The Bertz CT molecular complexity index is 1330. The number of rotatable bonds is 5. The van der Waals surface area contributed by atoms with Crippen LogP contribution in [-0.4, -0.2) is 24.0 Å². The molecule has 3 aromatic rings. The number of anilines is 1. The fourth-order valence-corrected chi connectivity index (χ4v) is 4.19. The topological polar surface area (TPSA) is 55.8 Å². The molecule has 0 atom stereocenters. The Labute approximate surface area is 192 Å². The van der Waals surface area contributed by atoms with Crippen LogP contribution in [0.4, 0.5) is 5.69 Å². The molecule has 5 nitrogen and oxygen atoms in total. The van der Waals surface area contributed by atoms with E-state index in [4.69, 9.17) is 9.47 Å². The molecule has 1 aliphatic carbocycles. The molecule has 5 rings (SSSR count). The van der Waals surface area contributed by atoms with E-state index in [-0.39, 0.29) is 11.8 Å². The molecule has 2 amide bonds. The first-order valence-corrected chi connectivity index (χ1v) is 11.0. The molecule has 3 aromatic carbocycles. The molecule has 1 heterocycles. The largest absolute Gasteiger partial charge is 0.489 e. The predicted molar refractivity (Wildman–Crippen MR) is 129 cm³/mol. The fourth-order valence-electron chi connectivity index (χ4n) is 4.19. The van der Waals surface area contributed by atoms with Gasteiger partial charge in [0.25, 0.3) is 11.8 Å². The van der Waals surface area contributed by atoms with Crippen LogP contribution in [0.1, 0.15) is 47.9 Å². The number of carbonyl (C=O) groups is 2. The van der Waals surface area contributed by atoms with E-state index >= 15 is 0 Å². The summed E-state index contributed by atoms with van der Waals surface area (Å²) < 4.78 is 11.9. The third-order valence-corrected chi connectivity index (χ3v) is 5.61. The van der Waals surface area contributed by atoms with Crippen LogP contribution in [-0.2, 0) is 0 Å². The van der Waals surface area contributed by atoms with Crippen molar-refractivity contribution in [3.05, 3.63) is 89.5 Å². The van der Waals surface area contributed by atoms with E-state index in [9.17, 15) is 9.59 Å². The molecule has 0 fully saturated rings. The lowest BCUT2D eigenvalue weighted by Crippen LogP contribution is -2.40. The normalized spacial score (nSPS) is 15.2. The molecule has 5 heteroatoms. The summed E-state index contributed by atoms with van der Waals surface area (Å²) in [6.45, 7) is 6.39. The predicted octanol–water partition coefficient (Wildman–Crippen LogP) is 6.08. The van der Waals surface area contributed by atoms with Crippen molar-refractivity contribution in [2.75, 3.05) is 11.5 Å². The molecule has 0 saturated carbocycles. The molecule has 1 aliphatic heterocycles. The van der Waals surface area contributed by atoms with Gasteiger partial charge in [-0.05, 0) is 80.6 Å². The number of hydrogen-bond donors (Lipinski definition) is 0. The molecular formula is C28H25NO4. The van der Waals surface area contributed by atoms with E-state index < -0.39 is 5.60 Å². The number of imide groups is 1. The number of hydrogen-bond acceptors (Lipinski definition) is 4. The summed E-state index contributed by atoms with van der Waals surface area (Å²) in [5, 5.41) is 1.48. The molecule has 0 N–H and O–H groups in total. The van der Waals surface area contributed by atoms with Crippen LogP contribution < -0.4 is 14.4 Å². The highest BCUT2D eigenvalue weighted by Crippen LogP contribution is 2.36. The van der Waals surface area contributed by atoms with Gasteiger partial charge < -0.3 is 9.47 Å². The van der Waals surface area contributed by atoms with Gasteiger partial charge in [-0.2, -0.15) is 0 Å². The second-order valence-electron chi connectivity index (χ2n) is 9.27. The Kier molecular flexibility index (Phi) is 5.05. The first-order chi connectivity index (χ1) is 15.8. The number of benzene rings is 3.